The molecule has 1 fully saturated rings. The Morgan fingerprint density at radius 2 is 2.17 bits per heavy atom. The molecular weight excluding hydrogens is 329 g/mol. The molecule has 0 aliphatic heterocycles. The number of alkyl halides is 3. The van der Waals surface area contributed by atoms with Crippen LogP contribution >= 0.6 is 11.8 Å². The number of amides is 1. The second-order valence-corrected chi connectivity index (χ2v) is 6.39. The van der Waals surface area contributed by atoms with Crippen LogP contribution in [-0.2, 0) is 15.7 Å². The minimum absolute atomic E-state index is 0.126. The molecule has 23 heavy (non-hydrogen) atoms. The summed E-state index contributed by atoms with van der Waals surface area (Å²) in [5.41, 5.74) is -0.794. The van der Waals surface area contributed by atoms with Gasteiger partial charge < -0.3 is 10.1 Å². The fourth-order valence-electron chi connectivity index (χ4n) is 1.76. The number of hydrogen-bond acceptors (Lipinski definition) is 4. The maximum Gasteiger partial charge on any atom is 0.417 e. The first kappa shape index (κ1) is 18.1. The monoisotopic (exact) mass is 348 g/mol. The molecule has 1 aromatic heterocycles. The zero-order chi connectivity index (χ0) is 16.7. The van der Waals surface area contributed by atoms with Crippen LogP contribution in [0.1, 0.15) is 24.8 Å². The lowest BCUT2D eigenvalue weighted by molar-refractivity contribution is -0.137. The molecule has 0 bridgehead atoms. The Hall–Kier alpha value is -1.28. The first-order chi connectivity index (χ1) is 10.9. The highest BCUT2D eigenvalue weighted by atomic mass is 32.2. The van der Waals surface area contributed by atoms with Gasteiger partial charge in [0.05, 0.1) is 16.3 Å². The van der Waals surface area contributed by atoms with Crippen molar-refractivity contribution in [2.24, 2.45) is 5.92 Å². The van der Waals surface area contributed by atoms with E-state index < -0.39 is 11.7 Å². The molecule has 0 atom stereocenters. The van der Waals surface area contributed by atoms with E-state index in [1.54, 1.807) is 0 Å². The Bertz CT molecular complexity index is 504. The SMILES string of the molecule is O=C(CSc1ccc(C(F)(F)F)cn1)NCCCOCC1CC1. The Labute approximate surface area is 137 Å². The minimum atomic E-state index is -4.39. The predicted molar refractivity (Wildman–Crippen MR) is 81.1 cm³/mol. The third-order valence-electron chi connectivity index (χ3n) is 3.25. The molecule has 8 heteroatoms. The fraction of sp³-hybridized carbons (Fsp3) is 0.600. The Balaban J connectivity index is 1.56. The van der Waals surface area contributed by atoms with E-state index in [4.69, 9.17) is 4.74 Å². The molecule has 1 N–H and O–H groups in total. The normalized spacial score (nSPS) is 14.7. The first-order valence-corrected chi connectivity index (χ1v) is 8.44. The Morgan fingerprint density at radius 3 is 2.78 bits per heavy atom. The van der Waals surface area contributed by atoms with Gasteiger partial charge in [0, 0.05) is 26.0 Å². The summed E-state index contributed by atoms with van der Waals surface area (Å²) in [5.74, 6) is 0.692. The zero-order valence-corrected chi connectivity index (χ0v) is 13.4. The molecule has 0 unspecified atom stereocenters. The van der Waals surface area contributed by atoms with Crippen molar-refractivity contribution in [3.8, 4) is 0 Å². The summed E-state index contributed by atoms with van der Waals surface area (Å²) in [7, 11) is 0. The fourth-order valence-corrected chi connectivity index (χ4v) is 2.43. The molecule has 1 aromatic rings. The summed E-state index contributed by atoms with van der Waals surface area (Å²) >= 11 is 1.11. The van der Waals surface area contributed by atoms with Gasteiger partial charge in [-0.25, -0.2) is 4.98 Å². The van der Waals surface area contributed by atoms with Crippen LogP contribution in [0.15, 0.2) is 23.4 Å². The van der Waals surface area contributed by atoms with Crippen molar-refractivity contribution in [2.45, 2.75) is 30.5 Å². The lowest BCUT2D eigenvalue weighted by atomic mass is 10.3. The molecule has 128 valence electrons. The van der Waals surface area contributed by atoms with E-state index >= 15 is 0 Å². The number of nitrogens with zero attached hydrogens (tertiary/aromatic N) is 1. The van der Waals surface area contributed by atoms with Gasteiger partial charge in [-0.15, -0.1) is 0 Å². The molecule has 1 saturated carbocycles. The molecule has 1 aliphatic rings. The summed E-state index contributed by atoms with van der Waals surface area (Å²) in [4.78, 5) is 15.3. The van der Waals surface area contributed by atoms with Crippen LogP contribution in [0.4, 0.5) is 13.2 Å². The number of aromatic nitrogens is 1. The molecule has 1 heterocycles. The van der Waals surface area contributed by atoms with Crippen molar-refractivity contribution >= 4 is 17.7 Å². The number of pyridine rings is 1. The predicted octanol–water partition coefficient (Wildman–Crippen LogP) is 3.13. The van der Waals surface area contributed by atoms with Crippen LogP contribution in [0.5, 0.6) is 0 Å². The minimum Gasteiger partial charge on any atom is -0.381 e. The van der Waals surface area contributed by atoms with E-state index in [0.29, 0.717) is 18.2 Å². The van der Waals surface area contributed by atoms with E-state index in [1.165, 1.54) is 18.9 Å². The number of hydrogen-bond donors (Lipinski definition) is 1. The van der Waals surface area contributed by atoms with Crippen molar-refractivity contribution < 1.29 is 22.7 Å². The number of carbonyl (C=O) groups is 1. The summed E-state index contributed by atoms with van der Waals surface area (Å²) in [5, 5.41) is 3.13. The number of ether oxygens (including phenoxy) is 1. The quantitative estimate of drug-likeness (QED) is 0.550. The summed E-state index contributed by atoms with van der Waals surface area (Å²) < 4.78 is 42.6. The van der Waals surface area contributed by atoms with E-state index in [2.05, 4.69) is 10.3 Å². The highest BCUT2D eigenvalue weighted by molar-refractivity contribution is 7.99. The molecule has 1 amide bonds. The maximum absolute atomic E-state index is 12.4. The van der Waals surface area contributed by atoms with Gasteiger partial charge in [-0.1, -0.05) is 11.8 Å². The van der Waals surface area contributed by atoms with Gasteiger partial charge >= 0.3 is 6.18 Å². The smallest absolute Gasteiger partial charge is 0.381 e. The van der Waals surface area contributed by atoms with Crippen LogP contribution in [0, 0.1) is 5.92 Å². The maximum atomic E-state index is 12.4. The van der Waals surface area contributed by atoms with Crippen molar-refractivity contribution in [2.75, 3.05) is 25.5 Å². The van der Waals surface area contributed by atoms with E-state index in [-0.39, 0.29) is 11.7 Å². The summed E-state index contributed by atoms with van der Waals surface area (Å²) in [6.45, 7) is 1.97. The molecule has 0 radical (unpaired) electrons. The highest BCUT2D eigenvalue weighted by Gasteiger charge is 2.30. The van der Waals surface area contributed by atoms with Crippen LogP contribution in [0.3, 0.4) is 0 Å². The van der Waals surface area contributed by atoms with E-state index in [1.807, 2.05) is 0 Å². The number of nitrogens with one attached hydrogen (secondary N) is 1. The van der Waals surface area contributed by atoms with E-state index in [0.717, 1.165) is 43.0 Å². The summed E-state index contributed by atoms with van der Waals surface area (Å²) in [6, 6.07) is 2.23. The average Bonchev–Trinajstić information content (AvgIpc) is 3.32. The molecule has 4 nitrogen and oxygen atoms in total. The van der Waals surface area contributed by atoms with Gasteiger partial charge in [0.1, 0.15) is 0 Å². The lowest BCUT2D eigenvalue weighted by Crippen LogP contribution is -2.27. The van der Waals surface area contributed by atoms with Crippen molar-refractivity contribution in [1.29, 1.82) is 0 Å². The zero-order valence-electron chi connectivity index (χ0n) is 12.6. The van der Waals surface area contributed by atoms with Gasteiger partial charge in [0.2, 0.25) is 5.91 Å². The highest BCUT2D eigenvalue weighted by Crippen LogP contribution is 2.29. The van der Waals surface area contributed by atoms with Crippen LogP contribution in [-0.4, -0.2) is 36.4 Å². The van der Waals surface area contributed by atoms with Gasteiger partial charge in [-0.2, -0.15) is 13.2 Å². The number of carbonyl (C=O) groups excluding carboxylic acids is 1. The van der Waals surface area contributed by atoms with Gasteiger partial charge in [-0.05, 0) is 37.3 Å². The van der Waals surface area contributed by atoms with Gasteiger partial charge in [0.25, 0.3) is 0 Å². The van der Waals surface area contributed by atoms with Gasteiger partial charge in [-0.3, -0.25) is 4.79 Å². The van der Waals surface area contributed by atoms with E-state index in [9.17, 15) is 18.0 Å². The van der Waals surface area contributed by atoms with Crippen LogP contribution in [0.2, 0.25) is 0 Å². The Morgan fingerprint density at radius 1 is 1.39 bits per heavy atom. The molecular formula is C15H19F3N2O2S. The van der Waals surface area contributed by atoms with Crippen LogP contribution in [0.25, 0.3) is 0 Å². The van der Waals surface area contributed by atoms with Gasteiger partial charge in [0.15, 0.2) is 0 Å². The second-order valence-electron chi connectivity index (χ2n) is 5.39. The standard InChI is InChI=1S/C15H19F3N2O2S/c16-15(17,18)12-4-5-14(20-8-12)23-10-13(21)19-6-1-7-22-9-11-2-3-11/h4-5,8,11H,1-3,6-7,9-10H2,(H,19,21). The topological polar surface area (TPSA) is 51.2 Å². The largest absolute Gasteiger partial charge is 0.417 e. The van der Waals surface area contributed by atoms with Crippen molar-refractivity contribution in [3.05, 3.63) is 23.9 Å². The molecule has 2 rings (SSSR count). The third kappa shape index (κ3) is 7.22. The van der Waals surface area contributed by atoms with Crippen molar-refractivity contribution in [3.63, 3.8) is 0 Å². The molecule has 0 aromatic carbocycles. The first-order valence-electron chi connectivity index (χ1n) is 7.45. The summed E-state index contributed by atoms with van der Waals surface area (Å²) in [6.07, 6.45) is -0.355. The van der Waals surface area contributed by atoms with Crippen molar-refractivity contribution in [1.82, 2.24) is 10.3 Å². The third-order valence-corrected chi connectivity index (χ3v) is 4.20. The molecule has 1 aliphatic carbocycles. The average molecular weight is 348 g/mol. The number of rotatable bonds is 9. The molecule has 0 spiro atoms. The number of thioether (sulfide) groups is 1. The Kier molecular flexibility index (Phi) is 6.71. The lowest BCUT2D eigenvalue weighted by Gasteiger charge is -2.07. The second kappa shape index (κ2) is 8.54. The molecule has 0 saturated heterocycles. The number of halogens is 3. The van der Waals surface area contributed by atoms with Crippen LogP contribution < -0.4 is 5.32 Å².